The summed E-state index contributed by atoms with van der Waals surface area (Å²) in [5.41, 5.74) is 0.136. The van der Waals surface area contributed by atoms with Gasteiger partial charge in [-0.1, -0.05) is 18.6 Å². The van der Waals surface area contributed by atoms with Gasteiger partial charge in [0.05, 0.1) is 21.7 Å². The summed E-state index contributed by atoms with van der Waals surface area (Å²) >= 11 is 0. The molecule has 2 aliphatic heterocycles. The van der Waals surface area contributed by atoms with Crippen LogP contribution < -0.4 is 5.32 Å². The second kappa shape index (κ2) is 7.07. The zero-order chi connectivity index (χ0) is 18.8. The van der Waals surface area contributed by atoms with Crippen LogP contribution in [0.25, 0.3) is 0 Å². The number of carbonyl (C=O) groups excluding carboxylic acids is 3. The van der Waals surface area contributed by atoms with Crippen molar-refractivity contribution < 1.29 is 19.3 Å². The second-order valence-electron chi connectivity index (χ2n) is 6.39. The fourth-order valence-electron chi connectivity index (χ4n) is 3.36. The number of amides is 2. The van der Waals surface area contributed by atoms with Crippen LogP contribution in [-0.2, 0) is 4.79 Å². The highest BCUT2D eigenvalue weighted by molar-refractivity contribution is 6.23. The van der Waals surface area contributed by atoms with E-state index < -0.39 is 34.3 Å². The van der Waals surface area contributed by atoms with Crippen LogP contribution >= 0.6 is 0 Å². The van der Waals surface area contributed by atoms with Crippen LogP contribution in [0.4, 0.5) is 0 Å². The molecule has 1 unspecified atom stereocenters. The Kier molecular flexibility index (Phi) is 4.83. The van der Waals surface area contributed by atoms with Crippen LogP contribution in [0.2, 0.25) is 0 Å². The van der Waals surface area contributed by atoms with E-state index in [0.29, 0.717) is 13.0 Å². The molecule has 0 saturated carbocycles. The van der Waals surface area contributed by atoms with Crippen molar-refractivity contribution in [3.63, 3.8) is 0 Å². The molecule has 8 nitrogen and oxygen atoms in total. The average Bonchev–Trinajstić information content (AvgIpc) is 2.79. The van der Waals surface area contributed by atoms with Crippen molar-refractivity contribution in [1.82, 2.24) is 10.2 Å². The van der Waals surface area contributed by atoms with E-state index in [4.69, 9.17) is 0 Å². The number of imide groups is 1. The van der Waals surface area contributed by atoms with Gasteiger partial charge in [-0.3, -0.25) is 29.4 Å². The first-order valence-electron chi connectivity index (χ1n) is 8.56. The number of fused-ring (bicyclic) bond motifs is 1. The van der Waals surface area contributed by atoms with Crippen LogP contribution in [-0.4, -0.2) is 40.0 Å². The summed E-state index contributed by atoms with van der Waals surface area (Å²) in [6.45, 7) is 1.91. The Morgan fingerprint density at radius 2 is 1.77 bits per heavy atom. The number of nitrogens with one attached hydrogen (secondary N) is 1. The van der Waals surface area contributed by atoms with E-state index in [-0.39, 0.29) is 16.8 Å². The lowest BCUT2D eigenvalue weighted by molar-refractivity contribution is -0.420. The van der Waals surface area contributed by atoms with Crippen LogP contribution in [0, 0.1) is 10.1 Å². The number of hydrogen-bond acceptors (Lipinski definition) is 6. The average molecular weight is 357 g/mol. The van der Waals surface area contributed by atoms with E-state index in [2.05, 4.69) is 5.32 Å². The predicted octanol–water partition coefficient (Wildman–Crippen LogP) is 1.89. The van der Waals surface area contributed by atoms with Gasteiger partial charge in [-0.25, -0.2) is 0 Å². The van der Waals surface area contributed by atoms with Crippen LogP contribution in [0.1, 0.15) is 53.3 Å². The molecule has 1 atom stereocenters. The number of ketones is 1. The van der Waals surface area contributed by atoms with Crippen LogP contribution in [0.15, 0.2) is 35.7 Å². The Hall–Kier alpha value is -3.03. The standard InChI is InChI=1S/C18H19N3O5/c1-11(20-17(23)12-7-4-5-8-13(12)18(20)24)16(22)15(21(25)26)14-9-3-2-6-10-19-14/h4-5,7-8,11,19H,2-3,6,9-10H2,1H3. The topological polar surface area (TPSA) is 110 Å². The predicted molar refractivity (Wildman–Crippen MR) is 91.9 cm³/mol. The summed E-state index contributed by atoms with van der Waals surface area (Å²) in [5.74, 6) is -2.05. The monoisotopic (exact) mass is 357 g/mol. The highest BCUT2D eigenvalue weighted by Crippen LogP contribution is 2.26. The third-order valence-corrected chi connectivity index (χ3v) is 4.74. The largest absolute Gasteiger partial charge is 0.383 e. The van der Waals surface area contributed by atoms with Crippen molar-refractivity contribution in [3.8, 4) is 0 Å². The third kappa shape index (κ3) is 2.98. The van der Waals surface area contributed by atoms with Gasteiger partial charge >= 0.3 is 5.70 Å². The second-order valence-corrected chi connectivity index (χ2v) is 6.39. The number of hydrogen-bond donors (Lipinski definition) is 1. The van der Waals surface area contributed by atoms with Gasteiger partial charge in [0.1, 0.15) is 6.04 Å². The summed E-state index contributed by atoms with van der Waals surface area (Å²) in [7, 11) is 0. The number of carbonyl (C=O) groups is 3. The van der Waals surface area contributed by atoms with Gasteiger partial charge in [-0.05, 0) is 38.3 Å². The minimum absolute atomic E-state index is 0.208. The van der Waals surface area contributed by atoms with Gasteiger partial charge in [0.15, 0.2) is 0 Å². The first-order chi connectivity index (χ1) is 12.4. The molecule has 2 aliphatic rings. The van der Waals surface area contributed by atoms with Crippen molar-refractivity contribution in [2.45, 2.75) is 38.6 Å². The van der Waals surface area contributed by atoms with Gasteiger partial charge in [0.25, 0.3) is 17.6 Å². The number of nitrogens with zero attached hydrogens (tertiary/aromatic N) is 2. The third-order valence-electron chi connectivity index (χ3n) is 4.74. The van der Waals surface area contributed by atoms with Gasteiger partial charge in [0.2, 0.25) is 0 Å². The van der Waals surface area contributed by atoms with Crippen LogP contribution in [0.5, 0.6) is 0 Å². The molecular weight excluding hydrogens is 338 g/mol. The maximum absolute atomic E-state index is 12.8. The van der Waals surface area contributed by atoms with Crippen LogP contribution in [0.3, 0.4) is 0 Å². The highest BCUT2D eigenvalue weighted by Gasteiger charge is 2.44. The normalized spacial score (nSPS) is 20.1. The van der Waals surface area contributed by atoms with Crippen molar-refractivity contribution in [2.24, 2.45) is 0 Å². The fourth-order valence-corrected chi connectivity index (χ4v) is 3.36. The molecule has 0 aliphatic carbocycles. The Bertz CT molecular complexity index is 785. The summed E-state index contributed by atoms with van der Waals surface area (Å²) in [6.07, 6.45) is 2.94. The molecule has 2 heterocycles. The zero-order valence-electron chi connectivity index (χ0n) is 14.4. The minimum Gasteiger partial charge on any atom is -0.383 e. The number of nitro groups is 1. The van der Waals surface area contributed by atoms with Crippen molar-refractivity contribution in [2.75, 3.05) is 6.54 Å². The summed E-state index contributed by atoms with van der Waals surface area (Å²) in [5, 5.41) is 14.5. The Morgan fingerprint density at radius 1 is 1.15 bits per heavy atom. The summed E-state index contributed by atoms with van der Waals surface area (Å²) in [6, 6.07) is 5.01. The molecular formula is C18H19N3O5. The molecule has 136 valence electrons. The molecule has 1 N–H and O–H groups in total. The van der Waals surface area contributed by atoms with Gasteiger partial charge < -0.3 is 5.32 Å². The molecule has 1 fully saturated rings. The molecule has 0 bridgehead atoms. The summed E-state index contributed by atoms with van der Waals surface area (Å²) < 4.78 is 0. The number of Topliss-reactive ketones (excluding diaryl/α,β-unsaturated/α-hetero) is 1. The van der Waals surface area contributed by atoms with E-state index in [1.165, 1.54) is 19.1 Å². The number of benzene rings is 1. The smallest absolute Gasteiger partial charge is 0.332 e. The minimum atomic E-state index is -1.25. The molecule has 26 heavy (non-hydrogen) atoms. The van der Waals surface area contributed by atoms with Gasteiger partial charge in [-0.2, -0.15) is 0 Å². The molecule has 1 aromatic carbocycles. The maximum Gasteiger partial charge on any atom is 0.332 e. The molecule has 1 aromatic rings. The van der Waals surface area contributed by atoms with Crippen molar-refractivity contribution in [3.05, 3.63) is 56.9 Å². The Morgan fingerprint density at radius 3 is 2.35 bits per heavy atom. The molecule has 0 radical (unpaired) electrons. The molecule has 8 heteroatoms. The van der Waals surface area contributed by atoms with E-state index in [0.717, 1.165) is 24.2 Å². The van der Waals surface area contributed by atoms with E-state index in [1.807, 2.05) is 0 Å². The van der Waals surface area contributed by atoms with Gasteiger partial charge in [-0.15, -0.1) is 0 Å². The zero-order valence-corrected chi connectivity index (χ0v) is 14.4. The first kappa shape index (κ1) is 17.8. The number of allylic oxidation sites excluding steroid dienone is 1. The van der Waals surface area contributed by atoms with E-state index in [9.17, 15) is 24.5 Å². The summed E-state index contributed by atoms with van der Waals surface area (Å²) in [4.78, 5) is 49.5. The molecule has 1 saturated heterocycles. The first-order valence-corrected chi connectivity index (χ1v) is 8.56. The molecule has 3 rings (SSSR count). The SMILES string of the molecule is CC(C(=O)C(=C1CCCCCN1)[N+](=O)[O-])N1C(=O)c2ccccc2C1=O. The molecule has 2 amide bonds. The van der Waals surface area contributed by atoms with E-state index >= 15 is 0 Å². The lowest BCUT2D eigenvalue weighted by Crippen LogP contribution is -2.45. The Balaban J connectivity index is 1.94. The van der Waals surface area contributed by atoms with Crippen molar-refractivity contribution >= 4 is 17.6 Å². The maximum atomic E-state index is 12.8. The lowest BCUT2D eigenvalue weighted by Gasteiger charge is -2.21. The fraction of sp³-hybridized carbons (Fsp3) is 0.389. The van der Waals surface area contributed by atoms with Crippen molar-refractivity contribution in [1.29, 1.82) is 0 Å². The molecule has 0 spiro atoms. The lowest BCUT2D eigenvalue weighted by atomic mass is 10.1. The quantitative estimate of drug-likeness (QED) is 0.381. The van der Waals surface area contributed by atoms with Gasteiger partial charge in [0, 0.05) is 6.54 Å². The van der Waals surface area contributed by atoms with E-state index in [1.54, 1.807) is 12.1 Å². The highest BCUT2D eigenvalue weighted by atomic mass is 16.6. The Labute approximate surface area is 150 Å². The molecule has 0 aromatic heterocycles. The number of rotatable bonds is 4.